The summed E-state index contributed by atoms with van der Waals surface area (Å²) >= 11 is 3.32. The summed E-state index contributed by atoms with van der Waals surface area (Å²) in [6.45, 7) is 0.612. The van der Waals surface area contributed by atoms with Gasteiger partial charge in [0.05, 0.1) is 12.0 Å². The molecule has 4 nitrogen and oxygen atoms in total. The molecule has 1 aromatic rings. The average Bonchev–Trinajstić information content (AvgIpc) is 2.29. The second-order valence-corrected chi connectivity index (χ2v) is 4.73. The van der Waals surface area contributed by atoms with Crippen LogP contribution >= 0.6 is 15.9 Å². The Bertz CT molecular complexity index is 397. The predicted octanol–water partition coefficient (Wildman–Crippen LogP) is 2.40. The van der Waals surface area contributed by atoms with Crippen molar-refractivity contribution < 1.29 is 14.6 Å². The molecule has 16 heavy (non-hydrogen) atoms. The molecule has 1 aliphatic rings. The van der Waals surface area contributed by atoms with Crippen molar-refractivity contribution in [1.82, 2.24) is 4.98 Å². The third kappa shape index (κ3) is 2.41. The largest absolute Gasteiger partial charge is 0.481 e. The van der Waals surface area contributed by atoms with E-state index in [9.17, 15) is 4.79 Å². The highest BCUT2D eigenvalue weighted by atomic mass is 79.9. The number of aliphatic carboxylic acids is 1. The van der Waals surface area contributed by atoms with Gasteiger partial charge in [0.2, 0.25) is 0 Å². The fraction of sp³-hybridized carbons (Fsp3) is 0.455. The van der Waals surface area contributed by atoms with Crippen molar-refractivity contribution in [3.05, 3.63) is 28.5 Å². The van der Waals surface area contributed by atoms with Crippen LogP contribution in [0.1, 0.15) is 24.5 Å². The minimum atomic E-state index is -0.801. The molecular weight excluding hydrogens is 274 g/mol. The zero-order valence-corrected chi connectivity index (χ0v) is 10.2. The Morgan fingerprint density at radius 1 is 1.56 bits per heavy atom. The van der Waals surface area contributed by atoms with Gasteiger partial charge < -0.3 is 9.84 Å². The molecule has 1 saturated heterocycles. The first-order valence-electron chi connectivity index (χ1n) is 5.13. The number of carboxylic acids is 1. The lowest BCUT2D eigenvalue weighted by atomic mass is 9.90. The average molecular weight is 286 g/mol. The number of rotatable bonds is 2. The van der Waals surface area contributed by atoms with E-state index in [2.05, 4.69) is 20.9 Å². The van der Waals surface area contributed by atoms with E-state index in [4.69, 9.17) is 9.84 Å². The van der Waals surface area contributed by atoms with Gasteiger partial charge in [0.1, 0.15) is 0 Å². The van der Waals surface area contributed by atoms with Crippen LogP contribution in [0.3, 0.4) is 0 Å². The van der Waals surface area contributed by atoms with Crippen molar-refractivity contribution in [3.8, 4) is 0 Å². The Morgan fingerprint density at radius 3 is 3.06 bits per heavy atom. The summed E-state index contributed by atoms with van der Waals surface area (Å²) in [5, 5.41) is 9.13. The molecule has 2 rings (SSSR count). The van der Waals surface area contributed by atoms with Crippen LogP contribution < -0.4 is 0 Å². The number of halogens is 1. The van der Waals surface area contributed by atoms with E-state index >= 15 is 0 Å². The number of aromatic nitrogens is 1. The van der Waals surface area contributed by atoms with Crippen molar-refractivity contribution in [2.75, 3.05) is 6.61 Å². The smallest absolute Gasteiger partial charge is 0.309 e. The number of hydrogen-bond acceptors (Lipinski definition) is 3. The van der Waals surface area contributed by atoms with Crippen molar-refractivity contribution in [2.45, 2.75) is 18.9 Å². The van der Waals surface area contributed by atoms with E-state index < -0.39 is 11.9 Å². The fourth-order valence-corrected chi connectivity index (χ4v) is 2.33. The third-order valence-corrected chi connectivity index (χ3v) is 3.13. The molecular formula is C11H12BrNO3. The molecule has 1 fully saturated rings. The Hall–Kier alpha value is -0.940. The van der Waals surface area contributed by atoms with E-state index in [1.54, 1.807) is 12.4 Å². The molecule has 0 radical (unpaired) electrons. The lowest BCUT2D eigenvalue weighted by Gasteiger charge is -2.29. The molecule has 2 heterocycles. The number of pyridine rings is 1. The van der Waals surface area contributed by atoms with Crippen LogP contribution in [0.5, 0.6) is 0 Å². The van der Waals surface area contributed by atoms with Gasteiger partial charge >= 0.3 is 5.97 Å². The van der Waals surface area contributed by atoms with Gasteiger partial charge in [0, 0.05) is 29.0 Å². The zero-order chi connectivity index (χ0) is 11.5. The molecule has 1 N–H and O–H groups in total. The lowest BCUT2D eigenvalue weighted by molar-refractivity contribution is -0.151. The second-order valence-electron chi connectivity index (χ2n) is 3.81. The van der Waals surface area contributed by atoms with Gasteiger partial charge in [-0.05, 0) is 34.8 Å². The molecule has 5 heteroatoms. The summed E-state index contributed by atoms with van der Waals surface area (Å²) in [4.78, 5) is 15.1. The van der Waals surface area contributed by atoms with Gasteiger partial charge in [-0.3, -0.25) is 9.78 Å². The molecule has 0 aliphatic carbocycles. The molecule has 1 aromatic heterocycles. The third-order valence-electron chi connectivity index (χ3n) is 2.69. The maximum atomic E-state index is 11.1. The lowest BCUT2D eigenvalue weighted by Crippen LogP contribution is -2.28. The van der Waals surface area contributed by atoms with E-state index in [0.29, 0.717) is 13.0 Å². The number of hydrogen-bond donors (Lipinski definition) is 1. The highest BCUT2D eigenvalue weighted by Crippen LogP contribution is 2.34. The molecule has 0 spiro atoms. The molecule has 86 valence electrons. The van der Waals surface area contributed by atoms with E-state index in [1.165, 1.54) is 0 Å². The second kappa shape index (κ2) is 4.93. The summed E-state index contributed by atoms with van der Waals surface area (Å²) in [6.07, 6.45) is 4.41. The van der Waals surface area contributed by atoms with E-state index in [1.807, 2.05) is 6.07 Å². The molecule has 2 unspecified atom stereocenters. The van der Waals surface area contributed by atoms with Crippen LogP contribution in [0.25, 0.3) is 0 Å². The normalized spacial score (nSPS) is 25.3. The molecule has 0 amide bonds. The first-order chi connectivity index (χ1) is 7.68. The van der Waals surface area contributed by atoms with Gasteiger partial charge in [-0.1, -0.05) is 0 Å². The number of ether oxygens (including phenoxy) is 1. The summed E-state index contributed by atoms with van der Waals surface area (Å²) in [5.41, 5.74) is 0.821. The summed E-state index contributed by atoms with van der Waals surface area (Å²) in [6, 6.07) is 1.86. The highest BCUT2D eigenvalue weighted by Gasteiger charge is 2.33. The van der Waals surface area contributed by atoms with Crippen molar-refractivity contribution in [1.29, 1.82) is 0 Å². The minimum Gasteiger partial charge on any atom is -0.481 e. The Labute approximate surface area is 102 Å². The summed E-state index contributed by atoms with van der Waals surface area (Å²) < 4.78 is 6.39. The van der Waals surface area contributed by atoms with E-state index in [-0.39, 0.29) is 6.10 Å². The highest BCUT2D eigenvalue weighted by molar-refractivity contribution is 9.10. The maximum absolute atomic E-state index is 11.1. The van der Waals surface area contributed by atoms with Crippen LogP contribution in [0.4, 0.5) is 0 Å². The summed E-state index contributed by atoms with van der Waals surface area (Å²) in [5.74, 6) is -1.27. The standard InChI is InChI=1S/C11H12BrNO3/c12-8-4-7(5-13-6-8)10-9(11(14)15)2-1-3-16-10/h4-6,9-10H,1-3H2,(H,14,15). The van der Waals surface area contributed by atoms with Crippen molar-refractivity contribution in [3.63, 3.8) is 0 Å². The predicted molar refractivity (Wildman–Crippen MR) is 61.0 cm³/mol. The maximum Gasteiger partial charge on any atom is 0.309 e. The molecule has 0 aromatic carbocycles. The summed E-state index contributed by atoms with van der Waals surface area (Å²) in [7, 11) is 0. The fourth-order valence-electron chi connectivity index (χ4n) is 1.95. The van der Waals surface area contributed by atoms with Gasteiger partial charge in [-0.2, -0.15) is 0 Å². The number of carboxylic acid groups (broad SMARTS) is 1. The monoisotopic (exact) mass is 285 g/mol. The van der Waals surface area contributed by atoms with Crippen molar-refractivity contribution in [2.24, 2.45) is 5.92 Å². The Kier molecular flexibility index (Phi) is 3.56. The number of carbonyl (C=O) groups is 1. The van der Waals surface area contributed by atoms with Gasteiger partial charge in [0.25, 0.3) is 0 Å². The first kappa shape index (κ1) is 11.5. The Morgan fingerprint density at radius 2 is 2.38 bits per heavy atom. The van der Waals surface area contributed by atoms with Crippen LogP contribution in [0.15, 0.2) is 22.9 Å². The molecule has 1 aliphatic heterocycles. The van der Waals surface area contributed by atoms with Crippen LogP contribution in [0.2, 0.25) is 0 Å². The van der Waals surface area contributed by atoms with E-state index in [0.717, 1.165) is 16.5 Å². The Balaban J connectivity index is 2.26. The first-order valence-corrected chi connectivity index (χ1v) is 5.92. The van der Waals surface area contributed by atoms with Crippen molar-refractivity contribution >= 4 is 21.9 Å². The quantitative estimate of drug-likeness (QED) is 0.907. The van der Waals surface area contributed by atoms with Crippen LogP contribution in [0, 0.1) is 5.92 Å². The molecule has 2 atom stereocenters. The van der Waals surface area contributed by atoms with Crippen LogP contribution in [-0.2, 0) is 9.53 Å². The molecule has 0 saturated carbocycles. The van der Waals surface area contributed by atoms with Gasteiger partial charge in [-0.25, -0.2) is 0 Å². The minimum absolute atomic E-state index is 0.378. The number of nitrogens with zero attached hydrogens (tertiary/aromatic N) is 1. The SMILES string of the molecule is O=C(O)C1CCCOC1c1cncc(Br)c1. The van der Waals surface area contributed by atoms with Gasteiger partial charge in [-0.15, -0.1) is 0 Å². The van der Waals surface area contributed by atoms with Gasteiger partial charge in [0.15, 0.2) is 0 Å². The topological polar surface area (TPSA) is 59.4 Å². The molecule has 0 bridgehead atoms. The van der Waals surface area contributed by atoms with Crippen LogP contribution in [-0.4, -0.2) is 22.7 Å². The zero-order valence-electron chi connectivity index (χ0n) is 8.60.